The minimum absolute atomic E-state index is 0.0700. The third-order valence-electron chi connectivity index (χ3n) is 8.30. The van der Waals surface area contributed by atoms with Gasteiger partial charge in [-0.1, -0.05) is 23.7 Å². The first-order chi connectivity index (χ1) is 22.6. The summed E-state index contributed by atoms with van der Waals surface area (Å²) >= 11 is 5.94. The molecule has 47 heavy (non-hydrogen) atoms. The highest BCUT2D eigenvalue weighted by molar-refractivity contribution is 6.30. The van der Waals surface area contributed by atoms with Gasteiger partial charge in [-0.2, -0.15) is 0 Å². The Morgan fingerprint density at radius 3 is 2.40 bits per heavy atom. The van der Waals surface area contributed by atoms with Crippen LogP contribution >= 0.6 is 11.6 Å². The molecule has 0 spiro atoms. The molecule has 246 valence electrons. The van der Waals surface area contributed by atoms with Gasteiger partial charge >= 0.3 is 0 Å². The van der Waals surface area contributed by atoms with Crippen LogP contribution in [0.4, 0.5) is 0 Å². The first-order valence-corrected chi connectivity index (χ1v) is 16.2. The van der Waals surface area contributed by atoms with Crippen LogP contribution in [0.15, 0.2) is 71.5 Å². The molecule has 2 fully saturated rings. The largest absolute Gasteiger partial charge is 0.489 e. The fourth-order valence-electron chi connectivity index (χ4n) is 5.84. The third-order valence-corrected chi connectivity index (χ3v) is 8.55. The van der Waals surface area contributed by atoms with Crippen LogP contribution in [0.1, 0.15) is 30.0 Å². The smallest absolute Gasteiger partial charge is 0.266 e. The molecular weight excluding hydrogens is 622 g/mol. The molecule has 1 amide bonds. The van der Waals surface area contributed by atoms with Gasteiger partial charge in [-0.3, -0.25) is 28.8 Å². The van der Waals surface area contributed by atoms with Gasteiger partial charge < -0.3 is 19.5 Å². The monoisotopic (exact) mass is 659 g/mol. The molecule has 3 aromatic carbocycles. The lowest BCUT2D eigenvalue weighted by atomic mass is 10.1. The Morgan fingerprint density at radius 2 is 1.70 bits per heavy atom. The van der Waals surface area contributed by atoms with Crippen LogP contribution in [-0.2, 0) is 11.3 Å². The lowest BCUT2D eigenvalue weighted by Crippen LogP contribution is -2.52. The number of carbonyl (C=O) groups excluding carboxylic acids is 2. The van der Waals surface area contributed by atoms with Gasteiger partial charge in [0.2, 0.25) is 0 Å². The maximum absolute atomic E-state index is 14.2. The maximum Gasteiger partial charge on any atom is 0.266 e. The second kappa shape index (κ2) is 14.2. The van der Waals surface area contributed by atoms with Crippen LogP contribution in [0.5, 0.6) is 11.5 Å². The van der Waals surface area contributed by atoms with E-state index < -0.39 is 6.10 Å². The Hall–Kier alpha value is -4.29. The highest BCUT2D eigenvalue weighted by Gasteiger charge is 2.28. The van der Waals surface area contributed by atoms with Crippen LogP contribution in [-0.4, -0.2) is 106 Å². The van der Waals surface area contributed by atoms with Crippen molar-refractivity contribution >= 4 is 34.2 Å². The zero-order chi connectivity index (χ0) is 33.1. The number of benzene rings is 3. The zero-order valence-electron chi connectivity index (χ0n) is 26.5. The molecule has 0 aliphatic carbocycles. The number of likely N-dealkylation sites (tertiary alicyclic amines) is 1. The number of carbonyl (C=O) groups is 2. The van der Waals surface area contributed by atoms with Crippen molar-refractivity contribution in [1.82, 2.24) is 24.3 Å². The number of para-hydroxylation sites is 1. The van der Waals surface area contributed by atoms with Crippen molar-refractivity contribution in [1.29, 1.82) is 0 Å². The predicted octanol–water partition coefficient (Wildman–Crippen LogP) is 3.41. The summed E-state index contributed by atoms with van der Waals surface area (Å²) in [4.78, 5) is 51.1. The molecule has 0 atom stereocenters. The minimum atomic E-state index is -0.410. The molecule has 0 radical (unpaired) electrons. The van der Waals surface area contributed by atoms with E-state index in [0.717, 1.165) is 0 Å². The van der Waals surface area contributed by atoms with Crippen LogP contribution in [0.25, 0.3) is 16.6 Å². The lowest BCUT2D eigenvalue weighted by Gasteiger charge is -2.35. The highest BCUT2D eigenvalue weighted by atomic mass is 35.5. The summed E-state index contributed by atoms with van der Waals surface area (Å²) < 4.78 is 13.4. The first kappa shape index (κ1) is 32.6. The minimum Gasteiger partial charge on any atom is -0.489 e. The van der Waals surface area contributed by atoms with Gasteiger partial charge in [0.1, 0.15) is 17.3 Å². The van der Waals surface area contributed by atoms with Crippen LogP contribution in [0.2, 0.25) is 5.02 Å². The number of hydrogen-bond donors (Lipinski definition) is 1. The summed E-state index contributed by atoms with van der Waals surface area (Å²) in [5, 5.41) is 10.7. The van der Waals surface area contributed by atoms with Crippen molar-refractivity contribution in [3.8, 4) is 17.2 Å². The zero-order valence-corrected chi connectivity index (χ0v) is 27.2. The summed E-state index contributed by atoms with van der Waals surface area (Å²) in [5.41, 5.74) is 1.20. The Bertz CT molecular complexity index is 1810. The quantitative estimate of drug-likeness (QED) is 0.242. The lowest BCUT2D eigenvalue weighted by molar-refractivity contribution is -0.135. The van der Waals surface area contributed by atoms with E-state index in [1.165, 1.54) is 0 Å². The summed E-state index contributed by atoms with van der Waals surface area (Å²) in [6.07, 6.45) is -0.590. The molecule has 0 saturated carbocycles. The van der Waals surface area contributed by atoms with Gasteiger partial charge in [0.25, 0.3) is 11.5 Å². The van der Waals surface area contributed by atoms with Crippen LogP contribution < -0.4 is 15.0 Å². The SMILES string of the molecule is CC(C)Oc1ccc(C(=O)CN2CC(O)C2)cc1-n1c(CN2CCN(C(=O)COc3ccc(Cl)cc3)CC2)nc2ccccc2c1=O. The van der Waals surface area contributed by atoms with E-state index in [2.05, 4.69) is 4.90 Å². The summed E-state index contributed by atoms with van der Waals surface area (Å²) in [7, 11) is 0. The van der Waals surface area contributed by atoms with Gasteiger partial charge in [0.15, 0.2) is 12.4 Å². The molecule has 6 rings (SSSR count). The molecule has 2 aliphatic rings. The van der Waals surface area contributed by atoms with Gasteiger partial charge in [-0.05, 0) is 68.4 Å². The Balaban J connectivity index is 1.25. The molecule has 2 aliphatic heterocycles. The summed E-state index contributed by atoms with van der Waals surface area (Å²) in [6.45, 7) is 7.31. The number of fused-ring (bicyclic) bond motifs is 1. The molecule has 4 aromatic rings. The van der Waals surface area contributed by atoms with E-state index in [0.29, 0.717) is 90.3 Å². The molecule has 3 heterocycles. The number of ether oxygens (including phenoxy) is 2. The number of amides is 1. The van der Waals surface area contributed by atoms with Gasteiger partial charge in [-0.15, -0.1) is 0 Å². The van der Waals surface area contributed by atoms with Gasteiger partial charge in [0, 0.05) is 49.9 Å². The van der Waals surface area contributed by atoms with Gasteiger partial charge in [-0.25, -0.2) is 4.98 Å². The van der Waals surface area contributed by atoms with Crippen molar-refractivity contribution in [3.63, 3.8) is 0 Å². The number of ketones is 1. The number of aromatic nitrogens is 2. The number of aliphatic hydroxyl groups excluding tert-OH is 1. The van der Waals surface area contributed by atoms with Crippen molar-refractivity contribution in [3.05, 3.63) is 93.5 Å². The van der Waals surface area contributed by atoms with E-state index in [1.54, 1.807) is 64.1 Å². The molecule has 1 aromatic heterocycles. The van der Waals surface area contributed by atoms with Crippen LogP contribution in [0.3, 0.4) is 0 Å². The number of Topliss-reactive ketones (excluding diaryl/α,β-unsaturated/α-hetero) is 1. The van der Waals surface area contributed by atoms with E-state index in [4.69, 9.17) is 26.1 Å². The predicted molar refractivity (Wildman–Crippen MR) is 179 cm³/mol. The fraction of sp³-hybridized carbons (Fsp3) is 0.371. The first-order valence-electron chi connectivity index (χ1n) is 15.8. The highest BCUT2D eigenvalue weighted by Crippen LogP contribution is 2.28. The molecule has 2 saturated heterocycles. The molecule has 11 nitrogen and oxygen atoms in total. The second-order valence-electron chi connectivity index (χ2n) is 12.2. The summed E-state index contributed by atoms with van der Waals surface area (Å²) in [5.74, 6) is 1.33. The van der Waals surface area contributed by atoms with E-state index in [1.807, 2.05) is 30.9 Å². The molecular formula is C35H38ClN5O6. The van der Waals surface area contributed by atoms with Crippen LogP contribution in [0, 0.1) is 0 Å². The average molecular weight is 660 g/mol. The number of nitrogens with zero attached hydrogens (tertiary/aromatic N) is 5. The fourth-order valence-corrected chi connectivity index (χ4v) is 5.97. The topological polar surface area (TPSA) is 117 Å². The second-order valence-corrected chi connectivity index (χ2v) is 12.6. The standard InChI is InChI=1S/C35H38ClN5O6/c1-23(2)47-32-12-7-24(31(43)20-39-18-26(42)19-39)17-30(32)41-33(37-29-6-4-3-5-28(29)35(41)45)21-38-13-15-40(16-14-38)34(44)22-46-27-10-8-25(36)9-11-27/h3-12,17,23,26,42H,13-16,18-22H2,1-2H3. The van der Waals surface area contributed by atoms with E-state index in [9.17, 15) is 19.5 Å². The van der Waals surface area contributed by atoms with Gasteiger partial charge in [0.05, 0.1) is 41.9 Å². The maximum atomic E-state index is 14.2. The van der Waals surface area contributed by atoms with Crippen molar-refractivity contribution < 1.29 is 24.2 Å². The summed E-state index contributed by atoms with van der Waals surface area (Å²) in [6, 6.07) is 19.2. The molecule has 12 heteroatoms. The van der Waals surface area contributed by atoms with Crippen molar-refractivity contribution in [2.75, 3.05) is 52.4 Å². The number of halogens is 1. The number of piperazine rings is 1. The average Bonchev–Trinajstić information content (AvgIpc) is 3.04. The Labute approximate surface area is 277 Å². The molecule has 0 unspecified atom stereocenters. The number of aliphatic hydroxyl groups is 1. The normalized spacial score (nSPS) is 16.0. The number of hydrogen-bond acceptors (Lipinski definition) is 9. The van der Waals surface area contributed by atoms with E-state index in [-0.39, 0.29) is 36.5 Å². The van der Waals surface area contributed by atoms with Crippen molar-refractivity contribution in [2.24, 2.45) is 0 Å². The third kappa shape index (κ3) is 7.65. The number of β-amino-alcohol motifs (C(OH)–C–C–N with tert-alkyl or cyclic N) is 1. The molecule has 1 N–H and O–H groups in total. The number of rotatable bonds is 11. The van der Waals surface area contributed by atoms with Crippen molar-refractivity contribution in [2.45, 2.75) is 32.6 Å². The molecule has 0 bridgehead atoms. The van der Waals surface area contributed by atoms with E-state index >= 15 is 0 Å². The Morgan fingerprint density at radius 1 is 0.979 bits per heavy atom. The Kier molecular flexibility index (Phi) is 9.88.